The van der Waals surface area contributed by atoms with Crippen molar-refractivity contribution < 1.29 is 33.0 Å². The molecule has 38 heavy (non-hydrogen) atoms. The Balaban J connectivity index is 2.16. The van der Waals surface area contributed by atoms with Gasteiger partial charge in [0.2, 0.25) is 5.89 Å². The molecule has 10 nitrogen and oxygen atoms in total. The van der Waals surface area contributed by atoms with E-state index in [-0.39, 0.29) is 30.6 Å². The van der Waals surface area contributed by atoms with E-state index >= 15 is 0 Å². The molecule has 1 unspecified atom stereocenters. The van der Waals surface area contributed by atoms with Crippen molar-refractivity contribution in [2.24, 2.45) is 0 Å². The van der Waals surface area contributed by atoms with Crippen molar-refractivity contribution in [1.29, 1.82) is 0 Å². The number of nitrogens with zero attached hydrogens (tertiary/aromatic N) is 2. The molecule has 0 aliphatic carbocycles. The van der Waals surface area contributed by atoms with E-state index in [0.717, 1.165) is 11.1 Å². The molecule has 1 amide bonds. The van der Waals surface area contributed by atoms with E-state index in [2.05, 4.69) is 15.3 Å². The van der Waals surface area contributed by atoms with E-state index in [1.165, 1.54) is 0 Å². The van der Waals surface area contributed by atoms with Crippen LogP contribution in [-0.4, -0.2) is 53.6 Å². The summed E-state index contributed by atoms with van der Waals surface area (Å²) in [7, 11) is 1.57. The standard InChI is InChI=1S/C28H37N3O7/c1-10-35-25(32)22-23(19(15-36-27(3,4)5)30-26(33)38-28(6,7)8)37-24(31-22)18-13-14-20(34-9)21-17(18)12-11-16(2)29-21/h11-14,19H,10,15H2,1-9H3,(H,30,33). The molecule has 206 valence electrons. The minimum absolute atomic E-state index is 0.00606. The highest BCUT2D eigenvalue weighted by molar-refractivity contribution is 5.97. The predicted molar refractivity (Wildman–Crippen MR) is 142 cm³/mol. The molecule has 2 aromatic heterocycles. The molecule has 3 rings (SSSR count). The van der Waals surface area contributed by atoms with E-state index in [9.17, 15) is 9.59 Å². The van der Waals surface area contributed by atoms with Gasteiger partial charge in [0.15, 0.2) is 11.5 Å². The normalized spacial score (nSPS) is 12.8. The number of benzene rings is 1. The van der Waals surface area contributed by atoms with Crippen molar-refractivity contribution in [2.75, 3.05) is 20.3 Å². The lowest BCUT2D eigenvalue weighted by atomic mass is 10.1. The van der Waals surface area contributed by atoms with Crippen molar-refractivity contribution in [1.82, 2.24) is 15.3 Å². The minimum Gasteiger partial charge on any atom is -0.494 e. The lowest BCUT2D eigenvalue weighted by Gasteiger charge is -2.26. The minimum atomic E-state index is -0.894. The lowest BCUT2D eigenvalue weighted by Crippen LogP contribution is -2.38. The van der Waals surface area contributed by atoms with Crippen molar-refractivity contribution >= 4 is 23.0 Å². The molecule has 3 aromatic rings. The number of alkyl carbamates (subject to hydrolysis) is 1. The van der Waals surface area contributed by atoms with Gasteiger partial charge in [-0.15, -0.1) is 0 Å². The van der Waals surface area contributed by atoms with Crippen molar-refractivity contribution in [3.8, 4) is 17.2 Å². The van der Waals surface area contributed by atoms with Crippen molar-refractivity contribution in [3.05, 3.63) is 41.4 Å². The molecule has 0 fully saturated rings. The summed E-state index contributed by atoms with van der Waals surface area (Å²) in [6.45, 7) is 14.6. The molecular weight excluding hydrogens is 490 g/mol. The van der Waals surface area contributed by atoms with Crippen molar-refractivity contribution in [2.45, 2.75) is 72.6 Å². The number of esters is 1. The third kappa shape index (κ3) is 7.22. The van der Waals surface area contributed by atoms with Crippen LogP contribution in [0.4, 0.5) is 4.79 Å². The van der Waals surface area contributed by atoms with Gasteiger partial charge >= 0.3 is 12.1 Å². The second kappa shape index (κ2) is 11.4. The number of methoxy groups -OCH3 is 1. The summed E-state index contributed by atoms with van der Waals surface area (Å²) in [6.07, 6.45) is -0.692. The van der Waals surface area contributed by atoms with E-state index < -0.39 is 29.3 Å². The van der Waals surface area contributed by atoms with Gasteiger partial charge in [-0.25, -0.2) is 19.6 Å². The maximum absolute atomic E-state index is 13.0. The Bertz CT molecular complexity index is 1300. The van der Waals surface area contributed by atoms with Gasteiger partial charge in [0.25, 0.3) is 0 Å². The molecule has 10 heteroatoms. The van der Waals surface area contributed by atoms with E-state index in [1.54, 1.807) is 46.9 Å². The number of hydrogen-bond acceptors (Lipinski definition) is 9. The van der Waals surface area contributed by atoms with Crippen LogP contribution in [0.15, 0.2) is 28.7 Å². The van der Waals surface area contributed by atoms with Gasteiger partial charge in [-0.3, -0.25) is 0 Å². The second-order valence-corrected chi connectivity index (χ2v) is 10.7. The smallest absolute Gasteiger partial charge is 0.408 e. The molecule has 0 spiro atoms. The first-order valence-corrected chi connectivity index (χ1v) is 12.5. The fourth-order valence-electron chi connectivity index (χ4n) is 3.64. The van der Waals surface area contributed by atoms with Crippen LogP contribution in [0.5, 0.6) is 5.75 Å². The van der Waals surface area contributed by atoms with Crippen LogP contribution in [0.3, 0.4) is 0 Å². The summed E-state index contributed by atoms with van der Waals surface area (Å²) >= 11 is 0. The third-order valence-electron chi connectivity index (χ3n) is 5.22. The van der Waals surface area contributed by atoms with Gasteiger partial charge in [0, 0.05) is 16.6 Å². The maximum Gasteiger partial charge on any atom is 0.408 e. The summed E-state index contributed by atoms with van der Waals surface area (Å²) in [4.78, 5) is 34.8. The SMILES string of the molecule is CCOC(=O)c1nc(-c2ccc(OC)c3nc(C)ccc23)oc1C(COC(C)(C)C)NC(=O)OC(C)(C)C. The largest absolute Gasteiger partial charge is 0.494 e. The van der Waals surface area contributed by atoms with Gasteiger partial charge in [-0.05, 0) is 73.6 Å². The van der Waals surface area contributed by atoms with Gasteiger partial charge in [-0.2, -0.15) is 0 Å². The molecule has 1 N–H and O–H groups in total. The first kappa shape index (κ1) is 28.9. The van der Waals surface area contributed by atoms with Gasteiger partial charge in [0.05, 0.1) is 25.9 Å². The molecule has 0 radical (unpaired) electrons. The highest BCUT2D eigenvalue weighted by Gasteiger charge is 2.32. The van der Waals surface area contributed by atoms with Crippen LogP contribution in [0.2, 0.25) is 0 Å². The average molecular weight is 528 g/mol. The van der Waals surface area contributed by atoms with Crippen LogP contribution < -0.4 is 10.1 Å². The zero-order valence-electron chi connectivity index (χ0n) is 23.6. The van der Waals surface area contributed by atoms with Gasteiger partial charge < -0.3 is 28.7 Å². The Morgan fingerprint density at radius 1 is 1.03 bits per heavy atom. The zero-order chi connectivity index (χ0) is 28.3. The molecule has 0 aliphatic heterocycles. The van der Waals surface area contributed by atoms with E-state index in [0.29, 0.717) is 16.8 Å². The summed E-state index contributed by atoms with van der Waals surface area (Å²) in [5, 5.41) is 3.49. The fraction of sp³-hybridized carbons (Fsp3) is 0.500. The highest BCUT2D eigenvalue weighted by Crippen LogP contribution is 2.35. The van der Waals surface area contributed by atoms with Gasteiger partial charge in [0.1, 0.15) is 22.9 Å². The number of amides is 1. The molecule has 1 aromatic carbocycles. The fourth-order valence-corrected chi connectivity index (χ4v) is 3.64. The monoisotopic (exact) mass is 527 g/mol. The summed E-state index contributed by atoms with van der Waals surface area (Å²) < 4.78 is 28.4. The Kier molecular flexibility index (Phi) is 8.66. The number of aromatic nitrogens is 2. The molecule has 0 aliphatic rings. The number of pyridine rings is 1. The Hall–Kier alpha value is -3.66. The number of aryl methyl sites for hydroxylation is 1. The van der Waals surface area contributed by atoms with Gasteiger partial charge in [-0.1, -0.05) is 6.07 Å². The lowest BCUT2D eigenvalue weighted by molar-refractivity contribution is -0.0201. The molecule has 1 atom stereocenters. The number of fused-ring (bicyclic) bond motifs is 1. The van der Waals surface area contributed by atoms with Crippen molar-refractivity contribution in [3.63, 3.8) is 0 Å². The Labute approximate surface area is 223 Å². The number of rotatable bonds is 8. The van der Waals surface area contributed by atoms with E-state index in [4.69, 9.17) is 23.4 Å². The molecular formula is C28H37N3O7. The maximum atomic E-state index is 13.0. The summed E-state index contributed by atoms with van der Waals surface area (Å²) in [5.41, 5.74) is 0.707. The van der Waals surface area contributed by atoms with Crippen LogP contribution in [0, 0.1) is 6.92 Å². The number of carbonyl (C=O) groups is 2. The Morgan fingerprint density at radius 3 is 2.34 bits per heavy atom. The van der Waals surface area contributed by atoms with Crippen LogP contribution in [0.25, 0.3) is 22.4 Å². The highest BCUT2D eigenvalue weighted by atomic mass is 16.6. The number of hydrogen-bond donors (Lipinski definition) is 1. The number of ether oxygens (including phenoxy) is 4. The topological polar surface area (TPSA) is 122 Å². The summed E-state index contributed by atoms with van der Waals surface area (Å²) in [6, 6.07) is 6.41. The predicted octanol–water partition coefficient (Wildman–Crippen LogP) is 5.76. The van der Waals surface area contributed by atoms with Crippen LogP contribution >= 0.6 is 0 Å². The first-order chi connectivity index (χ1) is 17.7. The van der Waals surface area contributed by atoms with Crippen LogP contribution in [0.1, 0.15) is 76.5 Å². The molecule has 0 bridgehead atoms. The summed E-state index contributed by atoms with van der Waals surface area (Å²) in [5.74, 6) is 0.162. The number of oxazole rings is 1. The Morgan fingerprint density at radius 2 is 1.74 bits per heavy atom. The van der Waals surface area contributed by atoms with E-state index in [1.807, 2.05) is 39.8 Å². The molecule has 2 heterocycles. The average Bonchev–Trinajstić information content (AvgIpc) is 3.24. The molecule has 0 saturated carbocycles. The number of carbonyl (C=O) groups excluding carboxylic acids is 2. The quantitative estimate of drug-likeness (QED) is 0.364. The molecule has 0 saturated heterocycles. The van der Waals surface area contributed by atoms with Crippen LogP contribution in [-0.2, 0) is 14.2 Å². The zero-order valence-corrected chi connectivity index (χ0v) is 23.6. The number of nitrogens with one attached hydrogen (secondary N) is 1. The third-order valence-corrected chi connectivity index (χ3v) is 5.22. The second-order valence-electron chi connectivity index (χ2n) is 10.7. The first-order valence-electron chi connectivity index (χ1n) is 12.5.